The van der Waals surface area contributed by atoms with Crippen LogP contribution in [0.4, 0.5) is 39.5 Å². The van der Waals surface area contributed by atoms with Gasteiger partial charge < -0.3 is 14.8 Å². The molecule has 1 aliphatic rings. The fourth-order valence-corrected chi connectivity index (χ4v) is 4.95. The van der Waals surface area contributed by atoms with Gasteiger partial charge in [0.05, 0.1) is 18.2 Å². The summed E-state index contributed by atoms with van der Waals surface area (Å²) < 4.78 is 137. The fraction of sp³-hybridized carbons (Fsp3) is 0.333. The first-order chi connectivity index (χ1) is 21.6. The maximum absolute atomic E-state index is 14.9. The predicted molar refractivity (Wildman–Crippen MR) is 146 cm³/mol. The maximum Gasteiger partial charge on any atom is 0.435 e. The molecule has 1 amide bonds. The van der Waals surface area contributed by atoms with Gasteiger partial charge in [0.15, 0.2) is 5.69 Å². The molecule has 0 fully saturated rings. The zero-order valence-corrected chi connectivity index (χ0v) is 23.9. The van der Waals surface area contributed by atoms with Crippen LogP contribution >= 0.6 is 0 Å². The van der Waals surface area contributed by atoms with E-state index in [0.29, 0.717) is 13.0 Å². The van der Waals surface area contributed by atoms with Crippen molar-refractivity contribution in [3.63, 3.8) is 0 Å². The first-order valence-electron chi connectivity index (χ1n) is 13.4. The zero-order valence-electron chi connectivity index (χ0n) is 23.9. The topological polar surface area (TPSA) is 86.2 Å². The molecule has 1 unspecified atom stereocenters. The number of hydrogen-bond acceptors (Lipinski definition) is 6. The molecule has 2 aromatic carbocycles. The zero-order chi connectivity index (χ0) is 33.7. The van der Waals surface area contributed by atoms with Gasteiger partial charge in [0, 0.05) is 28.6 Å². The molecular formula is C30H23F9N4O3. The summed E-state index contributed by atoms with van der Waals surface area (Å²) in [5.41, 5.74) is -7.84. The fourth-order valence-electron chi connectivity index (χ4n) is 4.95. The van der Waals surface area contributed by atoms with Crippen molar-refractivity contribution in [3.05, 3.63) is 76.9 Å². The van der Waals surface area contributed by atoms with Crippen LogP contribution in [0, 0.1) is 5.82 Å². The van der Waals surface area contributed by atoms with Gasteiger partial charge in [-0.05, 0) is 55.5 Å². The molecule has 0 aliphatic carbocycles. The highest BCUT2D eigenvalue weighted by Gasteiger charge is 2.55. The van der Waals surface area contributed by atoms with Crippen LogP contribution < -0.4 is 14.8 Å². The minimum atomic E-state index is -5.12. The highest BCUT2D eigenvalue weighted by Crippen LogP contribution is 2.49. The van der Waals surface area contributed by atoms with Gasteiger partial charge in [-0.25, -0.2) is 18.2 Å². The quantitative estimate of drug-likeness (QED) is 0.213. The van der Waals surface area contributed by atoms with Crippen LogP contribution in [0.2, 0.25) is 0 Å². The molecule has 3 heterocycles. The molecule has 16 heteroatoms. The number of methoxy groups -OCH3 is 1. The van der Waals surface area contributed by atoms with Crippen molar-refractivity contribution in [1.29, 1.82) is 0 Å². The van der Waals surface area contributed by atoms with E-state index in [4.69, 9.17) is 9.47 Å². The number of alkyl halides is 8. The average molecular weight is 659 g/mol. The molecule has 244 valence electrons. The lowest BCUT2D eigenvalue weighted by atomic mass is 9.79. The van der Waals surface area contributed by atoms with Crippen LogP contribution in [-0.2, 0) is 17.0 Å². The van der Waals surface area contributed by atoms with Crippen molar-refractivity contribution in [2.24, 2.45) is 0 Å². The highest BCUT2D eigenvalue weighted by atomic mass is 19.4. The third-order valence-electron chi connectivity index (χ3n) is 7.89. The van der Waals surface area contributed by atoms with Crippen molar-refractivity contribution in [2.45, 2.75) is 30.1 Å². The Balaban J connectivity index is 1.58. The summed E-state index contributed by atoms with van der Waals surface area (Å²) in [6, 6.07) is 8.01. The molecule has 0 bridgehead atoms. The van der Waals surface area contributed by atoms with Crippen LogP contribution in [0.5, 0.6) is 11.5 Å². The lowest BCUT2D eigenvalue weighted by molar-refractivity contribution is -0.184. The lowest BCUT2D eigenvalue weighted by Crippen LogP contribution is -2.49. The Labute approximate surface area is 254 Å². The Morgan fingerprint density at radius 1 is 0.978 bits per heavy atom. The lowest BCUT2D eigenvalue weighted by Gasteiger charge is -2.33. The highest BCUT2D eigenvalue weighted by molar-refractivity contribution is 6.00. The molecule has 0 saturated heterocycles. The Morgan fingerprint density at radius 3 is 2.24 bits per heavy atom. The molecule has 2 aromatic heterocycles. The molecule has 7 nitrogen and oxygen atoms in total. The first-order valence-corrected chi connectivity index (χ1v) is 13.4. The number of pyridine rings is 1. The molecular weight excluding hydrogens is 635 g/mol. The van der Waals surface area contributed by atoms with Crippen molar-refractivity contribution in [1.82, 2.24) is 20.5 Å². The van der Waals surface area contributed by atoms with E-state index in [1.54, 1.807) is 0 Å². The molecule has 1 N–H and O–H groups in total. The Kier molecular flexibility index (Phi) is 8.28. The van der Waals surface area contributed by atoms with E-state index < -0.39 is 72.8 Å². The van der Waals surface area contributed by atoms with Gasteiger partial charge in [-0.15, -0.1) is 10.2 Å². The van der Waals surface area contributed by atoms with Crippen molar-refractivity contribution in [3.8, 4) is 22.8 Å². The minimum Gasteiger partial charge on any atom is -0.494 e. The normalized spacial score (nSPS) is 15.6. The predicted octanol–water partition coefficient (Wildman–Crippen LogP) is 6.68. The van der Waals surface area contributed by atoms with E-state index in [1.807, 2.05) is 0 Å². The number of ether oxygens (including phenoxy) is 2. The van der Waals surface area contributed by atoms with Gasteiger partial charge in [0.2, 0.25) is 0 Å². The summed E-state index contributed by atoms with van der Waals surface area (Å²) in [5.74, 6) is -2.11. The standard InChI is InChI=1S/C30H23F9N4O3/c1-27(30(37,38)39,13-40-26(44)17-7-16-9-22(29(34,35)36)42-43-23(16)20(8-17)45-2)21-10-19-25(46-14-28(19,11-31)12-32)24(41-21)15-3-5-18(33)6-4-15/h3-10H,11-14H2,1-2H3,(H,40,44). The summed E-state index contributed by atoms with van der Waals surface area (Å²) in [5, 5.41) is 8.54. The monoisotopic (exact) mass is 658 g/mol. The number of benzene rings is 2. The van der Waals surface area contributed by atoms with Gasteiger partial charge >= 0.3 is 12.4 Å². The SMILES string of the molecule is COc1cc(C(=O)NCC(C)(c2cc3c(c(-c4ccc(F)cc4)n2)OCC3(CF)CF)C(F)(F)F)cc2cc(C(F)(F)F)nnc12. The number of fused-ring (bicyclic) bond motifs is 2. The van der Waals surface area contributed by atoms with Crippen LogP contribution in [0.25, 0.3) is 22.2 Å². The van der Waals surface area contributed by atoms with Crippen molar-refractivity contribution in [2.75, 3.05) is 33.6 Å². The molecule has 0 radical (unpaired) electrons. The van der Waals surface area contributed by atoms with E-state index in [1.165, 1.54) is 12.1 Å². The Bertz CT molecular complexity index is 1790. The maximum atomic E-state index is 14.9. The molecule has 4 aromatic rings. The van der Waals surface area contributed by atoms with E-state index in [0.717, 1.165) is 37.4 Å². The third-order valence-corrected chi connectivity index (χ3v) is 7.89. The number of aromatic nitrogens is 3. The van der Waals surface area contributed by atoms with E-state index in [9.17, 15) is 44.3 Å². The number of carbonyl (C=O) groups is 1. The van der Waals surface area contributed by atoms with Gasteiger partial charge in [-0.1, -0.05) is 0 Å². The van der Waals surface area contributed by atoms with Gasteiger partial charge in [-0.3, -0.25) is 4.79 Å². The van der Waals surface area contributed by atoms with Gasteiger partial charge in [0.25, 0.3) is 5.91 Å². The van der Waals surface area contributed by atoms with Crippen LogP contribution in [0.1, 0.15) is 34.2 Å². The third kappa shape index (κ3) is 5.64. The van der Waals surface area contributed by atoms with Crippen LogP contribution in [-0.4, -0.2) is 60.9 Å². The number of nitrogens with one attached hydrogen (secondary N) is 1. The van der Waals surface area contributed by atoms with Gasteiger partial charge in [0.1, 0.15) is 53.9 Å². The Morgan fingerprint density at radius 2 is 1.65 bits per heavy atom. The number of rotatable bonds is 8. The number of hydrogen-bond donors (Lipinski definition) is 1. The molecule has 5 rings (SSSR count). The summed E-state index contributed by atoms with van der Waals surface area (Å²) in [4.78, 5) is 17.3. The number of halogens is 9. The number of nitrogens with zero attached hydrogens (tertiary/aromatic N) is 3. The van der Waals surface area contributed by atoms with Crippen molar-refractivity contribution < 1.29 is 53.8 Å². The summed E-state index contributed by atoms with van der Waals surface area (Å²) in [6.45, 7) is -3.60. The second-order valence-electron chi connectivity index (χ2n) is 10.9. The minimum absolute atomic E-state index is 0.103. The second-order valence-corrected chi connectivity index (χ2v) is 10.9. The molecule has 0 spiro atoms. The molecule has 46 heavy (non-hydrogen) atoms. The van der Waals surface area contributed by atoms with Crippen molar-refractivity contribution >= 4 is 16.8 Å². The van der Waals surface area contributed by atoms with Gasteiger partial charge in [-0.2, -0.15) is 26.3 Å². The van der Waals surface area contributed by atoms with E-state index in [2.05, 4.69) is 20.5 Å². The molecule has 0 saturated carbocycles. The molecule has 1 atom stereocenters. The van der Waals surface area contributed by atoms with E-state index >= 15 is 0 Å². The molecule has 1 aliphatic heterocycles. The first kappa shape index (κ1) is 32.8. The van der Waals surface area contributed by atoms with Crippen LogP contribution in [0.15, 0.2) is 48.5 Å². The second kappa shape index (κ2) is 11.6. The van der Waals surface area contributed by atoms with E-state index in [-0.39, 0.29) is 44.8 Å². The summed E-state index contributed by atoms with van der Waals surface area (Å²) in [6.07, 6.45) is -9.99. The summed E-state index contributed by atoms with van der Waals surface area (Å²) in [7, 11) is 1.15. The average Bonchev–Trinajstić information content (AvgIpc) is 3.40. The van der Waals surface area contributed by atoms with Crippen LogP contribution in [0.3, 0.4) is 0 Å². The summed E-state index contributed by atoms with van der Waals surface area (Å²) >= 11 is 0. The number of carbonyl (C=O) groups excluding carboxylic acids is 1. The smallest absolute Gasteiger partial charge is 0.435 e. The largest absolute Gasteiger partial charge is 0.494 e. The number of amides is 1. The Hall–Kier alpha value is -4.63.